The largest absolute Gasteiger partial charge is 0.378 e. The highest BCUT2D eigenvalue weighted by molar-refractivity contribution is 5.95. The van der Waals surface area contributed by atoms with E-state index >= 15 is 0 Å². The molecule has 3 aromatic rings. The number of benzene rings is 2. The van der Waals surface area contributed by atoms with Crippen LogP contribution in [-0.4, -0.2) is 73.5 Å². The monoisotopic (exact) mass is 429 g/mol. The highest BCUT2D eigenvalue weighted by atomic mass is 16.5. The minimum atomic E-state index is 0.0890. The smallest absolute Gasteiger partial charge is 0.253 e. The number of amides is 1. The van der Waals surface area contributed by atoms with Gasteiger partial charge in [-0.1, -0.05) is 42.5 Å². The van der Waals surface area contributed by atoms with Crippen LogP contribution in [0.3, 0.4) is 0 Å². The molecule has 1 aromatic heterocycles. The summed E-state index contributed by atoms with van der Waals surface area (Å²) in [4.78, 5) is 19.4. The lowest BCUT2D eigenvalue weighted by molar-refractivity contribution is 0.0747. The lowest BCUT2D eigenvalue weighted by atomic mass is 10.0. The van der Waals surface area contributed by atoms with Gasteiger partial charge in [-0.3, -0.25) is 4.79 Å². The van der Waals surface area contributed by atoms with Crippen molar-refractivity contribution in [3.05, 3.63) is 72.4 Å². The predicted molar refractivity (Wildman–Crippen MR) is 125 cm³/mol. The van der Waals surface area contributed by atoms with Gasteiger partial charge in [-0.2, -0.15) is 5.10 Å². The Kier molecular flexibility index (Phi) is 5.98. The molecule has 3 heterocycles. The zero-order valence-corrected chi connectivity index (χ0v) is 18.1. The number of aromatic nitrogens is 2. The van der Waals surface area contributed by atoms with Gasteiger partial charge in [-0.25, -0.2) is 0 Å². The molecule has 2 aliphatic rings. The molecule has 7 nitrogen and oxygen atoms in total. The van der Waals surface area contributed by atoms with Crippen LogP contribution in [0.2, 0.25) is 0 Å². The van der Waals surface area contributed by atoms with Gasteiger partial charge in [0.1, 0.15) is 0 Å². The number of hydrogen-bond acceptors (Lipinski definition) is 6. The Hall–Kier alpha value is -3.45. The fourth-order valence-electron chi connectivity index (χ4n) is 4.25. The molecule has 0 N–H and O–H groups in total. The van der Waals surface area contributed by atoms with Crippen LogP contribution in [-0.2, 0) is 4.74 Å². The van der Waals surface area contributed by atoms with Crippen LogP contribution in [0.1, 0.15) is 10.4 Å². The molecular formula is C25H27N5O2. The van der Waals surface area contributed by atoms with Crippen molar-refractivity contribution in [1.29, 1.82) is 0 Å². The summed E-state index contributed by atoms with van der Waals surface area (Å²) in [5, 5.41) is 8.51. The average Bonchev–Trinajstić information content (AvgIpc) is 2.89. The Balaban J connectivity index is 1.21. The van der Waals surface area contributed by atoms with Crippen molar-refractivity contribution in [3.63, 3.8) is 0 Å². The third kappa shape index (κ3) is 4.43. The summed E-state index contributed by atoms with van der Waals surface area (Å²) in [6.07, 6.45) is 1.81. The molecule has 7 heteroatoms. The maximum atomic E-state index is 13.0. The maximum absolute atomic E-state index is 13.0. The summed E-state index contributed by atoms with van der Waals surface area (Å²) >= 11 is 0. The summed E-state index contributed by atoms with van der Waals surface area (Å²) < 4.78 is 5.43. The van der Waals surface area contributed by atoms with E-state index in [0.29, 0.717) is 13.1 Å². The number of ether oxygens (including phenoxy) is 1. The lowest BCUT2D eigenvalue weighted by Gasteiger charge is -2.36. The summed E-state index contributed by atoms with van der Waals surface area (Å²) in [7, 11) is 0. The minimum absolute atomic E-state index is 0.0890. The van der Waals surface area contributed by atoms with Gasteiger partial charge >= 0.3 is 0 Å². The highest BCUT2D eigenvalue weighted by Crippen LogP contribution is 2.23. The van der Waals surface area contributed by atoms with Crippen molar-refractivity contribution in [2.24, 2.45) is 0 Å². The first-order valence-electron chi connectivity index (χ1n) is 11.1. The molecule has 0 radical (unpaired) electrons. The molecular weight excluding hydrogens is 402 g/mol. The molecule has 32 heavy (non-hydrogen) atoms. The fourth-order valence-corrected chi connectivity index (χ4v) is 4.25. The second-order valence-corrected chi connectivity index (χ2v) is 8.09. The van der Waals surface area contributed by atoms with E-state index in [1.54, 1.807) is 0 Å². The van der Waals surface area contributed by atoms with Gasteiger partial charge in [-0.05, 0) is 23.3 Å². The zero-order chi connectivity index (χ0) is 21.8. The van der Waals surface area contributed by atoms with E-state index in [1.165, 1.54) is 0 Å². The van der Waals surface area contributed by atoms with Crippen LogP contribution in [0.15, 0.2) is 66.9 Å². The fraction of sp³-hybridized carbons (Fsp3) is 0.320. The molecule has 2 fully saturated rings. The first-order valence-corrected chi connectivity index (χ1v) is 11.1. The van der Waals surface area contributed by atoms with Gasteiger partial charge in [0.2, 0.25) is 0 Å². The number of carbonyl (C=O) groups excluding carboxylic acids is 1. The first-order chi connectivity index (χ1) is 15.8. The van der Waals surface area contributed by atoms with E-state index in [9.17, 15) is 4.79 Å². The molecule has 0 saturated carbocycles. The number of carbonyl (C=O) groups is 1. The van der Waals surface area contributed by atoms with Crippen molar-refractivity contribution >= 4 is 17.4 Å². The van der Waals surface area contributed by atoms with Crippen molar-refractivity contribution in [3.8, 4) is 11.1 Å². The summed E-state index contributed by atoms with van der Waals surface area (Å²) in [6, 6.07) is 20.2. The third-order valence-corrected chi connectivity index (χ3v) is 6.13. The second-order valence-electron chi connectivity index (χ2n) is 8.09. The quantitative estimate of drug-likeness (QED) is 0.636. The first kappa shape index (κ1) is 20.5. The molecule has 1 amide bonds. The molecule has 0 spiro atoms. The van der Waals surface area contributed by atoms with Gasteiger partial charge in [0.15, 0.2) is 5.82 Å². The van der Waals surface area contributed by atoms with Gasteiger partial charge < -0.3 is 19.4 Å². The Labute approximate surface area is 188 Å². The summed E-state index contributed by atoms with van der Waals surface area (Å²) in [5.41, 5.74) is 4.06. The summed E-state index contributed by atoms with van der Waals surface area (Å²) in [5.74, 6) is 0.980. The molecule has 0 bridgehead atoms. The van der Waals surface area contributed by atoms with E-state index in [0.717, 1.165) is 67.6 Å². The van der Waals surface area contributed by atoms with Crippen LogP contribution in [0.5, 0.6) is 0 Å². The molecule has 2 saturated heterocycles. The van der Waals surface area contributed by atoms with Gasteiger partial charge in [0.25, 0.3) is 5.91 Å². The van der Waals surface area contributed by atoms with Crippen LogP contribution in [0, 0.1) is 0 Å². The summed E-state index contributed by atoms with van der Waals surface area (Å²) in [6.45, 7) is 6.05. The van der Waals surface area contributed by atoms with Crippen molar-refractivity contribution < 1.29 is 9.53 Å². The van der Waals surface area contributed by atoms with Gasteiger partial charge in [0, 0.05) is 50.9 Å². The standard InChI is InChI=1S/C25H27N5O2/c31-25(22-8-6-21(7-9-22)20-4-2-1-3-5-20)30-12-10-28(11-13-30)23-18-24(27-26-19-23)29-14-16-32-17-15-29/h1-9,18-19H,10-17H2. The van der Waals surface area contributed by atoms with Crippen LogP contribution in [0.4, 0.5) is 11.5 Å². The number of morpholine rings is 1. The lowest BCUT2D eigenvalue weighted by Crippen LogP contribution is -2.49. The van der Waals surface area contributed by atoms with Crippen molar-refractivity contribution in [2.45, 2.75) is 0 Å². The SMILES string of the molecule is O=C(c1ccc(-c2ccccc2)cc1)N1CCN(c2cnnc(N3CCOCC3)c2)CC1. The van der Waals surface area contributed by atoms with E-state index in [2.05, 4.69) is 38.2 Å². The Morgan fingerprint density at radius 2 is 1.47 bits per heavy atom. The number of anilines is 2. The maximum Gasteiger partial charge on any atom is 0.253 e. The van der Waals surface area contributed by atoms with E-state index in [1.807, 2.05) is 53.6 Å². The third-order valence-electron chi connectivity index (χ3n) is 6.13. The molecule has 5 rings (SSSR count). The van der Waals surface area contributed by atoms with E-state index in [-0.39, 0.29) is 5.91 Å². The Morgan fingerprint density at radius 1 is 0.781 bits per heavy atom. The Morgan fingerprint density at radius 3 is 2.19 bits per heavy atom. The van der Waals surface area contributed by atoms with Gasteiger partial charge in [0.05, 0.1) is 25.1 Å². The minimum Gasteiger partial charge on any atom is -0.378 e. The van der Waals surface area contributed by atoms with E-state index < -0.39 is 0 Å². The van der Waals surface area contributed by atoms with Crippen LogP contribution < -0.4 is 9.80 Å². The van der Waals surface area contributed by atoms with Crippen molar-refractivity contribution in [1.82, 2.24) is 15.1 Å². The molecule has 2 aliphatic heterocycles. The zero-order valence-electron chi connectivity index (χ0n) is 18.1. The Bertz CT molecular complexity index is 1040. The molecule has 0 aliphatic carbocycles. The number of nitrogens with zero attached hydrogens (tertiary/aromatic N) is 5. The van der Waals surface area contributed by atoms with Crippen LogP contribution >= 0.6 is 0 Å². The number of rotatable bonds is 4. The average molecular weight is 430 g/mol. The molecule has 164 valence electrons. The normalized spacial score (nSPS) is 16.8. The molecule has 0 unspecified atom stereocenters. The molecule has 0 atom stereocenters. The number of piperazine rings is 1. The van der Waals surface area contributed by atoms with E-state index in [4.69, 9.17) is 4.74 Å². The second kappa shape index (κ2) is 9.36. The topological polar surface area (TPSA) is 61.8 Å². The van der Waals surface area contributed by atoms with Gasteiger partial charge in [-0.15, -0.1) is 5.10 Å². The molecule has 2 aromatic carbocycles. The highest BCUT2D eigenvalue weighted by Gasteiger charge is 2.23. The van der Waals surface area contributed by atoms with Crippen LogP contribution in [0.25, 0.3) is 11.1 Å². The predicted octanol–water partition coefficient (Wildman–Crippen LogP) is 2.94. The van der Waals surface area contributed by atoms with Crippen molar-refractivity contribution in [2.75, 3.05) is 62.3 Å². The number of hydrogen-bond donors (Lipinski definition) is 0.